The van der Waals surface area contributed by atoms with E-state index in [1.54, 1.807) is 0 Å². The Morgan fingerprint density at radius 1 is 1.17 bits per heavy atom. The van der Waals surface area contributed by atoms with E-state index in [4.69, 9.17) is 0 Å². The molecule has 1 unspecified atom stereocenters. The number of nitrogens with zero attached hydrogens (tertiary/aromatic N) is 2. The number of nitrogens with one attached hydrogen (secondary N) is 3. The normalized spacial score (nSPS) is 18.4. The zero-order valence-corrected chi connectivity index (χ0v) is 18.8. The number of amides is 1. The number of rotatable bonds is 7. The van der Waals surface area contributed by atoms with Gasteiger partial charge in [-0.2, -0.15) is 0 Å². The van der Waals surface area contributed by atoms with E-state index in [0.29, 0.717) is 12.5 Å². The van der Waals surface area contributed by atoms with E-state index in [2.05, 4.69) is 57.0 Å². The lowest BCUT2D eigenvalue weighted by atomic mass is 9.99. The van der Waals surface area contributed by atoms with Gasteiger partial charge in [0.15, 0.2) is 5.96 Å². The molecular weight excluding hydrogens is 362 g/mol. The van der Waals surface area contributed by atoms with Crippen LogP contribution in [0.2, 0.25) is 0 Å². The molecule has 1 saturated heterocycles. The van der Waals surface area contributed by atoms with Gasteiger partial charge in [0.25, 0.3) is 0 Å². The predicted molar refractivity (Wildman–Crippen MR) is 121 cm³/mol. The van der Waals surface area contributed by atoms with Crippen LogP contribution in [0, 0.1) is 5.92 Å². The highest BCUT2D eigenvalue weighted by Crippen LogP contribution is 2.18. The lowest BCUT2D eigenvalue weighted by Crippen LogP contribution is -2.48. The largest absolute Gasteiger partial charge is 0.357 e. The molecule has 3 N–H and O–H groups in total. The monoisotopic (exact) mass is 401 g/mol. The molecule has 0 bridgehead atoms. The first-order valence-electron chi connectivity index (χ1n) is 10.9. The van der Waals surface area contributed by atoms with Gasteiger partial charge < -0.3 is 16.0 Å². The average molecular weight is 402 g/mol. The van der Waals surface area contributed by atoms with Gasteiger partial charge in [-0.25, -0.2) is 4.99 Å². The molecule has 1 amide bonds. The lowest BCUT2D eigenvalue weighted by Gasteiger charge is -2.30. The molecule has 1 atom stereocenters. The maximum Gasteiger partial charge on any atom is 0.239 e. The van der Waals surface area contributed by atoms with E-state index < -0.39 is 0 Å². The van der Waals surface area contributed by atoms with Crippen molar-refractivity contribution in [3.05, 3.63) is 35.4 Å². The fraction of sp³-hybridized carbons (Fsp3) is 0.652. The van der Waals surface area contributed by atoms with Crippen molar-refractivity contribution < 1.29 is 4.79 Å². The second-order valence-electron chi connectivity index (χ2n) is 9.15. The third-order valence-corrected chi connectivity index (χ3v) is 4.87. The number of piperidine rings is 1. The quantitative estimate of drug-likeness (QED) is 0.485. The molecule has 0 saturated carbocycles. The molecule has 1 aromatic rings. The van der Waals surface area contributed by atoms with Crippen LogP contribution in [0.3, 0.4) is 0 Å². The molecule has 162 valence electrons. The maximum absolute atomic E-state index is 12.0. The molecular formula is C23H39N5O. The topological polar surface area (TPSA) is 68.8 Å². The van der Waals surface area contributed by atoms with Crippen LogP contribution in [0.4, 0.5) is 0 Å². The molecule has 0 radical (unpaired) electrons. The first-order chi connectivity index (χ1) is 13.7. The summed E-state index contributed by atoms with van der Waals surface area (Å²) in [6.45, 7) is 15.2. The van der Waals surface area contributed by atoms with Gasteiger partial charge in [-0.05, 0) is 64.1 Å². The predicted octanol–water partition coefficient (Wildman–Crippen LogP) is 2.89. The summed E-state index contributed by atoms with van der Waals surface area (Å²) in [4.78, 5) is 19.2. The summed E-state index contributed by atoms with van der Waals surface area (Å²) in [5.41, 5.74) is 2.29. The van der Waals surface area contributed by atoms with Gasteiger partial charge in [0.1, 0.15) is 0 Å². The van der Waals surface area contributed by atoms with Gasteiger partial charge in [0.05, 0.1) is 13.1 Å². The first kappa shape index (κ1) is 23.2. The van der Waals surface area contributed by atoms with Crippen molar-refractivity contribution in [1.82, 2.24) is 20.9 Å². The molecule has 0 aliphatic carbocycles. The number of carbonyl (C=O) groups is 1. The fourth-order valence-corrected chi connectivity index (χ4v) is 3.58. The van der Waals surface area contributed by atoms with Gasteiger partial charge in [-0.3, -0.25) is 9.69 Å². The highest BCUT2D eigenvalue weighted by molar-refractivity contribution is 5.86. The van der Waals surface area contributed by atoms with Crippen LogP contribution in [0.5, 0.6) is 0 Å². The standard InChI is InChI=1S/C23H39N5O/c1-6-24-22(26-15-21(29)27-23(3,4)5)25-14-19-9-11-20(12-10-19)17-28-13-7-8-18(2)16-28/h9-12,18H,6-8,13-17H2,1-5H3,(H,27,29)(H2,24,25,26). The molecule has 29 heavy (non-hydrogen) atoms. The number of benzene rings is 1. The number of hydrogen-bond donors (Lipinski definition) is 3. The van der Waals surface area contributed by atoms with E-state index in [9.17, 15) is 4.79 Å². The smallest absolute Gasteiger partial charge is 0.239 e. The molecule has 1 aromatic carbocycles. The first-order valence-corrected chi connectivity index (χ1v) is 10.9. The average Bonchev–Trinajstić information content (AvgIpc) is 2.64. The number of carbonyl (C=O) groups excluding carboxylic acids is 1. The second-order valence-corrected chi connectivity index (χ2v) is 9.15. The number of guanidine groups is 1. The van der Waals surface area contributed by atoms with Crippen molar-refractivity contribution in [2.45, 2.75) is 66.1 Å². The van der Waals surface area contributed by atoms with E-state index in [1.807, 2.05) is 27.7 Å². The van der Waals surface area contributed by atoms with E-state index in [-0.39, 0.29) is 18.0 Å². The van der Waals surface area contributed by atoms with Crippen molar-refractivity contribution in [3.63, 3.8) is 0 Å². The Labute approximate surface area is 176 Å². The van der Waals surface area contributed by atoms with Crippen LogP contribution in [0.1, 0.15) is 58.6 Å². The van der Waals surface area contributed by atoms with Crippen molar-refractivity contribution in [3.8, 4) is 0 Å². The lowest BCUT2D eigenvalue weighted by molar-refractivity contribution is -0.121. The molecule has 0 aromatic heterocycles. The van der Waals surface area contributed by atoms with Crippen LogP contribution in [-0.4, -0.2) is 48.5 Å². The van der Waals surface area contributed by atoms with Crippen LogP contribution >= 0.6 is 0 Å². The molecule has 2 rings (SSSR count). The minimum absolute atomic E-state index is 0.0421. The van der Waals surface area contributed by atoms with Gasteiger partial charge >= 0.3 is 0 Å². The highest BCUT2D eigenvalue weighted by Gasteiger charge is 2.16. The SMILES string of the molecule is CCNC(=NCc1ccc(CN2CCCC(C)C2)cc1)NCC(=O)NC(C)(C)C. The molecule has 6 heteroatoms. The van der Waals surface area contributed by atoms with Gasteiger partial charge in [0, 0.05) is 25.2 Å². The highest BCUT2D eigenvalue weighted by atomic mass is 16.2. The second kappa shape index (κ2) is 11.2. The number of hydrogen-bond acceptors (Lipinski definition) is 3. The summed E-state index contributed by atoms with van der Waals surface area (Å²) in [6, 6.07) is 8.73. The van der Waals surface area contributed by atoms with Crippen LogP contribution in [0.15, 0.2) is 29.3 Å². The van der Waals surface area contributed by atoms with Crippen LogP contribution in [-0.2, 0) is 17.9 Å². The Bertz CT molecular complexity index is 663. The Balaban J connectivity index is 1.85. The third-order valence-electron chi connectivity index (χ3n) is 4.87. The Morgan fingerprint density at radius 2 is 1.86 bits per heavy atom. The summed E-state index contributed by atoms with van der Waals surface area (Å²) in [6.07, 6.45) is 2.66. The number of aliphatic imine (C=N–C) groups is 1. The van der Waals surface area contributed by atoms with Crippen molar-refractivity contribution in [2.75, 3.05) is 26.2 Å². The summed E-state index contributed by atoms with van der Waals surface area (Å²) in [5.74, 6) is 1.42. The van der Waals surface area contributed by atoms with Crippen LogP contribution in [0.25, 0.3) is 0 Å². The minimum Gasteiger partial charge on any atom is -0.357 e. The van der Waals surface area contributed by atoms with Gasteiger partial charge in [0.2, 0.25) is 5.91 Å². The zero-order chi connectivity index (χ0) is 21.3. The molecule has 6 nitrogen and oxygen atoms in total. The van der Waals surface area contributed by atoms with Gasteiger partial charge in [-0.15, -0.1) is 0 Å². The maximum atomic E-state index is 12.0. The Morgan fingerprint density at radius 3 is 2.48 bits per heavy atom. The molecule has 1 fully saturated rings. The Kier molecular flexibility index (Phi) is 8.96. The third kappa shape index (κ3) is 9.31. The fourth-order valence-electron chi connectivity index (χ4n) is 3.58. The van der Waals surface area contributed by atoms with Crippen molar-refractivity contribution in [2.24, 2.45) is 10.9 Å². The molecule has 1 heterocycles. The summed E-state index contributed by atoms with van der Waals surface area (Å²) >= 11 is 0. The molecule has 1 aliphatic rings. The van der Waals surface area contributed by atoms with Gasteiger partial charge in [-0.1, -0.05) is 31.2 Å². The van der Waals surface area contributed by atoms with E-state index in [0.717, 1.165) is 24.6 Å². The van der Waals surface area contributed by atoms with E-state index in [1.165, 1.54) is 31.5 Å². The summed E-state index contributed by atoms with van der Waals surface area (Å²) in [7, 11) is 0. The zero-order valence-electron chi connectivity index (χ0n) is 18.8. The summed E-state index contributed by atoms with van der Waals surface area (Å²) < 4.78 is 0. The number of likely N-dealkylation sites (tertiary alicyclic amines) is 1. The summed E-state index contributed by atoms with van der Waals surface area (Å²) in [5, 5.41) is 9.24. The van der Waals surface area contributed by atoms with Crippen molar-refractivity contribution >= 4 is 11.9 Å². The minimum atomic E-state index is -0.234. The van der Waals surface area contributed by atoms with Crippen molar-refractivity contribution in [1.29, 1.82) is 0 Å². The van der Waals surface area contributed by atoms with E-state index >= 15 is 0 Å². The Hall–Kier alpha value is -2.08. The molecule has 0 spiro atoms. The van der Waals surface area contributed by atoms with Crippen LogP contribution < -0.4 is 16.0 Å². The molecule has 1 aliphatic heterocycles.